The van der Waals surface area contributed by atoms with Crippen LogP contribution in [0.3, 0.4) is 0 Å². The average molecular weight is 410 g/mol. The first-order chi connectivity index (χ1) is 13.0. The predicted octanol–water partition coefficient (Wildman–Crippen LogP) is 3.78. The molecule has 0 aliphatic carbocycles. The van der Waals surface area contributed by atoms with Gasteiger partial charge >= 0.3 is 0 Å². The molecule has 0 amide bonds. The quantitative estimate of drug-likeness (QED) is 0.255. The van der Waals surface area contributed by atoms with E-state index in [-0.39, 0.29) is 0 Å². The fourth-order valence-electron chi connectivity index (χ4n) is 3.79. The summed E-state index contributed by atoms with van der Waals surface area (Å²) in [7, 11) is -2.85. The Labute approximate surface area is 173 Å². The van der Waals surface area contributed by atoms with Crippen LogP contribution in [0.2, 0.25) is 0 Å². The Morgan fingerprint density at radius 1 is 0.481 bits per heavy atom. The zero-order valence-electron chi connectivity index (χ0n) is 18.8. The van der Waals surface area contributed by atoms with E-state index in [2.05, 4.69) is 27.7 Å². The van der Waals surface area contributed by atoms with Crippen molar-refractivity contribution in [1.82, 2.24) is 0 Å². The van der Waals surface area contributed by atoms with Gasteiger partial charge in [-0.3, -0.25) is 0 Å². The van der Waals surface area contributed by atoms with Crippen LogP contribution in [0.15, 0.2) is 0 Å². The van der Waals surface area contributed by atoms with Crippen molar-refractivity contribution in [3.63, 3.8) is 0 Å². The third kappa shape index (κ3) is 22.3. The molecule has 0 radical (unpaired) electrons. The lowest BCUT2D eigenvalue weighted by molar-refractivity contribution is -1.73. The summed E-state index contributed by atoms with van der Waals surface area (Å²) < 4.78 is 26.6. The highest BCUT2D eigenvalue weighted by Gasteiger charge is 2.19. The van der Waals surface area contributed by atoms with Crippen molar-refractivity contribution < 1.29 is 29.2 Å². The van der Waals surface area contributed by atoms with E-state index in [0.29, 0.717) is 0 Å². The van der Waals surface area contributed by atoms with Crippen molar-refractivity contribution >= 4 is 0 Å². The molecule has 0 aliphatic rings. The molecule has 0 saturated heterocycles. The topological polar surface area (TPSA) is 69.2 Å². The van der Waals surface area contributed by atoms with Crippen LogP contribution in [-0.2, 0) is 0 Å². The van der Waals surface area contributed by atoms with Crippen LogP contribution in [0.4, 0.5) is 0 Å². The highest BCUT2D eigenvalue weighted by Crippen LogP contribution is 2.14. The second kappa shape index (κ2) is 22.4. The molecular weight excluding hydrogens is 362 g/mol. The second-order valence-electron chi connectivity index (χ2n) is 7.80. The smallest absolute Gasteiger partial charge is 0.0786 e. The molecule has 4 nitrogen and oxygen atoms in total. The summed E-state index contributed by atoms with van der Waals surface area (Å²) >= 11 is 0. The molecule has 0 fully saturated rings. The molecule has 0 unspecified atom stereocenters. The Bertz CT molecular complexity index is 263. The number of hydrogen-bond donors (Lipinski definition) is 0. The van der Waals surface area contributed by atoms with Crippen LogP contribution < -0.4 is 14.0 Å². The number of halogens is 1. The van der Waals surface area contributed by atoms with Crippen LogP contribution >= 0.6 is 0 Å². The van der Waals surface area contributed by atoms with Crippen LogP contribution in [0.1, 0.15) is 118 Å². The van der Waals surface area contributed by atoms with Crippen molar-refractivity contribution in [2.75, 3.05) is 26.2 Å². The largest absolute Gasteiger partial charge is 0.357 e. The molecule has 166 valence electrons. The first kappa shape index (κ1) is 29.3. The minimum absolute atomic E-state index is 1.31. The van der Waals surface area contributed by atoms with E-state index in [1.165, 1.54) is 121 Å². The Morgan fingerprint density at radius 3 is 1.00 bits per heavy atom. The van der Waals surface area contributed by atoms with Gasteiger partial charge in [0.2, 0.25) is 0 Å². The minimum Gasteiger partial charge on any atom is -0.357 e. The molecule has 0 atom stereocenters. The summed E-state index contributed by atoms with van der Waals surface area (Å²) in [4.78, 5) is 0. The van der Waals surface area contributed by atoms with Crippen molar-refractivity contribution in [3.8, 4) is 0 Å². The van der Waals surface area contributed by atoms with Crippen molar-refractivity contribution in [2.45, 2.75) is 118 Å². The SMILES string of the molecule is CCCCCCCCCCCCCCCC[N+](CC)(CC)CC.[O-][Cl+2]([O-])[O-]. The van der Waals surface area contributed by atoms with Crippen LogP contribution in [0.5, 0.6) is 0 Å². The van der Waals surface area contributed by atoms with Crippen LogP contribution in [0.25, 0.3) is 0 Å². The summed E-state index contributed by atoms with van der Waals surface area (Å²) in [6, 6.07) is 0. The van der Waals surface area contributed by atoms with Crippen molar-refractivity contribution in [2.24, 2.45) is 0 Å². The van der Waals surface area contributed by atoms with Gasteiger partial charge in [-0.25, -0.2) is 0 Å². The Kier molecular flexibility index (Phi) is 24.4. The van der Waals surface area contributed by atoms with Crippen molar-refractivity contribution in [3.05, 3.63) is 0 Å². The van der Waals surface area contributed by atoms with E-state index in [1.807, 2.05) is 0 Å². The van der Waals surface area contributed by atoms with Crippen LogP contribution in [-0.4, -0.2) is 30.7 Å². The molecule has 0 aromatic heterocycles. The van der Waals surface area contributed by atoms with Gasteiger partial charge in [0.05, 0.1) is 37.0 Å². The molecule has 0 N–H and O–H groups in total. The van der Waals surface area contributed by atoms with E-state index in [4.69, 9.17) is 14.0 Å². The summed E-state index contributed by atoms with van der Waals surface area (Å²) in [6.45, 7) is 14.7. The molecule has 0 bridgehead atoms. The summed E-state index contributed by atoms with van der Waals surface area (Å²) in [5.74, 6) is 0. The first-order valence-corrected chi connectivity index (χ1v) is 12.5. The van der Waals surface area contributed by atoms with Crippen LogP contribution in [0, 0.1) is 10.8 Å². The molecular formula is C22H48ClNO3. The van der Waals surface area contributed by atoms with Crippen molar-refractivity contribution in [1.29, 1.82) is 0 Å². The molecule has 0 rings (SSSR count). The number of nitrogens with zero attached hydrogens (tertiary/aromatic N) is 1. The maximum absolute atomic E-state index is 8.41. The zero-order chi connectivity index (χ0) is 20.8. The Hall–Kier alpha value is 0.130. The number of hydrogen-bond acceptors (Lipinski definition) is 3. The highest BCUT2D eigenvalue weighted by molar-refractivity contribution is 4.50. The average Bonchev–Trinajstić information content (AvgIpc) is 2.65. The lowest BCUT2D eigenvalue weighted by Gasteiger charge is -2.35. The Morgan fingerprint density at radius 2 is 0.741 bits per heavy atom. The molecule has 0 aliphatic heterocycles. The molecule has 5 heteroatoms. The third-order valence-electron chi connectivity index (χ3n) is 6.00. The van der Waals surface area contributed by atoms with E-state index in [1.54, 1.807) is 0 Å². The first-order valence-electron chi connectivity index (χ1n) is 11.6. The maximum Gasteiger partial charge on any atom is 0.0786 e. The van der Waals surface area contributed by atoms with Gasteiger partial charge < -0.3 is 18.5 Å². The third-order valence-corrected chi connectivity index (χ3v) is 6.00. The van der Waals surface area contributed by atoms with Gasteiger partial charge in [-0.15, -0.1) is 0 Å². The van der Waals surface area contributed by atoms with Gasteiger partial charge in [0.1, 0.15) is 0 Å². The molecule has 0 heterocycles. The summed E-state index contributed by atoms with van der Waals surface area (Å²) in [5.41, 5.74) is 0. The van der Waals surface area contributed by atoms with E-state index in [9.17, 15) is 0 Å². The monoisotopic (exact) mass is 409 g/mol. The second-order valence-corrected chi connectivity index (χ2v) is 8.18. The van der Waals surface area contributed by atoms with Gasteiger partial charge in [-0.05, 0) is 33.6 Å². The van der Waals surface area contributed by atoms with Gasteiger partial charge in [0.25, 0.3) is 0 Å². The maximum atomic E-state index is 8.41. The van der Waals surface area contributed by atoms with E-state index < -0.39 is 10.8 Å². The standard InChI is InChI=1S/C22H48N.ClO3/c1-5-9-10-11-12-13-14-15-16-17-18-19-20-21-22-23(6-2,7-3)8-4;2-1(3)4/h5-22H2,1-4H3;/q+1;-1. The van der Waals surface area contributed by atoms with Gasteiger partial charge in [-0.1, -0.05) is 84.0 Å². The Balaban J connectivity index is 0. The fraction of sp³-hybridized carbons (Fsp3) is 1.00. The van der Waals surface area contributed by atoms with Gasteiger partial charge in [-0.2, -0.15) is 0 Å². The van der Waals surface area contributed by atoms with E-state index >= 15 is 0 Å². The normalized spacial score (nSPS) is 11.6. The molecule has 0 saturated carbocycles. The number of quaternary nitrogens is 1. The lowest BCUT2D eigenvalue weighted by atomic mass is 10.0. The number of rotatable bonds is 18. The lowest BCUT2D eigenvalue weighted by Crippen LogP contribution is -2.48. The zero-order valence-corrected chi connectivity index (χ0v) is 19.5. The highest BCUT2D eigenvalue weighted by atomic mass is 35.6. The van der Waals surface area contributed by atoms with E-state index in [0.717, 1.165) is 0 Å². The number of unbranched alkanes of at least 4 members (excludes halogenated alkanes) is 13. The minimum atomic E-state index is -2.85. The summed E-state index contributed by atoms with van der Waals surface area (Å²) in [5, 5.41) is 0. The molecule has 0 aromatic carbocycles. The predicted molar refractivity (Wildman–Crippen MR) is 107 cm³/mol. The molecule has 0 spiro atoms. The molecule has 27 heavy (non-hydrogen) atoms. The summed E-state index contributed by atoms with van der Waals surface area (Å²) in [6.07, 6.45) is 20.5. The fourth-order valence-corrected chi connectivity index (χ4v) is 3.79. The van der Waals surface area contributed by atoms with Gasteiger partial charge in [0, 0.05) is 0 Å². The van der Waals surface area contributed by atoms with Gasteiger partial charge in [0.15, 0.2) is 0 Å². The molecule has 0 aromatic rings.